The molecule has 0 unspecified atom stereocenters. The van der Waals surface area contributed by atoms with E-state index >= 15 is 0 Å². The molecule has 25 heavy (non-hydrogen) atoms. The quantitative estimate of drug-likeness (QED) is 0.635. The molecule has 0 fully saturated rings. The molecule has 0 bridgehead atoms. The Morgan fingerprint density at radius 3 is 2.80 bits per heavy atom. The van der Waals surface area contributed by atoms with Crippen LogP contribution in [0.25, 0.3) is 28.5 Å². The van der Waals surface area contributed by atoms with Gasteiger partial charge in [-0.15, -0.1) is 0 Å². The van der Waals surface area contributed by atoms with Gasteiger partial charge in [0, 0.05) is 29.0 Å². The molecule has 0 aliphatic heterocycles. The van der Waals surface area contributed by atoms with Crippen LogP contribution in [-0.4, -0.2) is 26.0 Å². The standard InChI is InChI=1S/C18H17FN4O2/c1-18(2,25)12-5-3-10(7-13(12)19)14-9-22-17-16(23-14)11(8-21-17)4-6-15(20)24/h3-9,25H,1-2H3,(H2,20,24)(H,21,22). The van der Waals surface area contributed by atoms with E-state index in [2.05, 4.69) is 15.0 Å². The van der Waals surface area contributed by atoms with Crippen molar-refractivity contribution in [2.45, 2.75) is 19.4 Å². The summed E-state index contributed by atoms with van der Waals surface area (Å²) in [5, 5.41) is 9.97. The summed E-state index contributed by atoms with van der Waals surface area (Å²) in [4.78, 5) is 22.6. The lowest BCUT2D eigenvalue weighted by Gasteiger charge is -2.18. The zero-order chi connectivity index (χ0) is 18.2. The molecule has 3 rings (SSSR count). The van der Waals surface area contributed by atoms with Crippen LogP contribution in [0.5, 0.6) is 0 Å². The highest BCUT2D eigenvalue weighted by atomic mass is 19.1. The summed E-state index contributed by atoms with van der Waals surface area (Å²) in [7, 11) is 0. The molecular weight excluding hydrogens is 323 g/mol. The number of halogens is 1. The number of hydrogen-bond acceptors (Lipinski definition) is 4. The number of aliphatic hydroxyl groups is 1. The van der Waals surface area contributed by atoms with Gasteiger partial charge in [0.2, 0.25) is 5.91 Å². The van der Waals surface area contributed by atoms with Crippen molar-refractivity contribution >= 4 is 23.1 Å². The summed E-state index contributed by atoms with van der Waals surface area (Å²) in [6.07, 6.45) is 5.96. The number of primary amides is 1. The Bertz CT molecular complexity index is 986. The summed E-state index contributed by atoms with van der Waals surface area (Å²) in [6, 6.07) is 4.52. The van der Waals surface area contributed by atoms with Crippen molar-refractivity contribution in [3.63, 3.8) is 0 Å². The molecule has 6 nitrogen and oxygen atoms in total. The molecule has 128 valence electrons. The van der Waals surface area contributed by atoms with Crippen molar-refractivity contribution in [2.75, 3.05) is 0 Å². The second-order valence-corrected chi connectivity index (χ2v) is 6.19. The molecule has 0 saturated carbocycles. The number of nitrogens with one attached hydrogen (secondary N) is 1. The third-order valence-electron chi connectivity index (χ3n) is 3.76. The van der Waals surface area contributed by atoms with Gasteiger partial charge in [-0.2, -0.15) is 0 Å². The average molecular weight is 340 g/mol. The van der Waals surface area contributed by atoms with Crippen LogP contribution in [0.2, 0.25) is 0 Å². The number of carbonyl (C=O) groups is 1. The summed E-state index contributed by atoms with van der Waals surface area (Å²) in [6.45, 7) is 3.04. The normalized spacial score (nSPS) is 12.2. The van der Waals surface area contributed by atoms with E-state index < -0.39 is 17.3 Å². The first-order valence-electron chi connectivity index (χ1n) is 7.60. The van der Waals surface area contributed by atoms with E-state index in [-0.39, 0.29) is 5.56 Å². The van der Waals surface area contributed by atoms with Gasteiger partial charge >= 0.3 is 0 Å². The molecule has 3 aromatic rings. The van der Waals surface area contributed by atoms with Crippen LogP contribution in [0.4, 0.5) is 4.39 Å². The number of H-pyrrole nitrogens is 1. The van der Waals surface area contributed by atoms with Gasteiger partial charge in [0.1, 0.15) is 11.3 Å². The maximum Gasteiger partial charge on any atom is 0.241 e. The van der Waals surface area contributed by atoms with Gasteiger partial charge in [-0.1, -0.05) is 12.1 Å². The van der Waals surface area contributed by atoms with Gasteiger partial charge in [-0.25, -0.2) is 14.4 Å². The number of aromatic nitrogens is 3. The molecule has 4 N–H and O–H groups in total. The number of nitrogens with two attached hydrogens (primary N) is 1. The first kappa shape index (κ1) is 16.8. The Kier molecular flexibility index (Phi) is 4.10. The molecule has 2 heterocycles. The van der Waals surface area contributed by atoms with E-state index in [0.717, 1.165) is 0 Å². The van der Waals surface area contributed by atoms with E-state index in [0.29, 0.717) is 28.0 Å². The van der Waals surface area contributed by atoms with Crippen LogP contribution in [-0.2, 0) is 10.4 Å². The van der Waals surface area contributed by atoms with Crippen molar-refractivity contribution in [2.24, 2.45) is 5.73 Å². The van der Waals surface area contributed by atoms with Crippen LogP contribution < -0.4 is 5.73 Å². The number of fused-ring (bicyclic) bond motifs is 1. The molecule has 1 amide bonds. The van der Waals surface area contributed by atoms with E-state index in [1.165, 1.54) is 44.3 Å². The Balaban J connectivity index is 2.06. The predicted molar refractivity (Wildman–Crippen MR) is 92.8 cm³/mol. The Morgan fingerprint density at radius 2 is 2.16 bits per heavy atom. The minimum atomic E-state index is -1.27. The zero-order valence-corrected chi connectivity index (χ0v) is 13.7. The van der Waals surface area contributed by atoms with Gasteiger partial charge < -0.3 is 15.8 Å². The SMILES string of the molecule is CC(C)(O)c1ccc(-c2cnc3[nH]cc(C=CC(N)=O)c3n2)cc1F. The maximum atomic E-state index is 14.3. The minimum absolute atomic E-state index is 0.206. The van der Waals surface area contributed by atoms with Gasteiger partial charge in [-0.3, -0.25) is 4.79 Å². The van der Waals surface area contributed by atoms with Gasteiger partial charge in [-0.05, 0) is 26.0 Å². The largest absolute Gasteiger partial charge is 0.386 e. The van der Waals surface area contributed by atoms with Gasteiger partial charge in [0.05, 0.1) is 17.5 Å². The summed E-state index contributed by atoms with van der Waals surface area (Å²) in [5.74, 6) is -1.09. The number of aromatic amines is 1. The molecule has 0 radical (unpaired) electrons. The van der Waals surface area contributed by atoms with Crippen molar-refractivity contribution in [1.29, 1.82) is 0 Å². The highest BCUT2D eigenvalue weighted by molar-refractivity contribution is 5.93. The van der Waals surface area contributed by atoms with E-state index in [9.17, 15) is 14.3 Å². The fourth-order valence-corrected chi connectivity index (χ4v) is 2.52. The van der Waals surface area contributed by atoms with Crippen molar-refractivity contribution in [1.82, 2.24) is 15.0 Å². The molecule has 0 aliphatic carbocycles. The topological polar surface area (TPSA) is 105 Å². The van der Waals surface area contributed by atoms with E-state index in [1.54, 1.807) is 12.3 Å². The zero-order valence-electron chi connectivity index (χ0n) is 13.7. The number of carbonyl (C=O) groups excluding carboxylic acids is 1. The highest BCUT2D eigenvalue weighted by Crippen LogP contribution is 2.28. The Labute approximate surface area is 143 Å². The lowest BCUT2D eigenvalue weighted by atomic mass is 9.96. The minimum Gasteiger partial charge on any atom is -0.386 e. The predicted octanol–water partition coefficient (Wildman–Crippen LogP) is 2.49. The van der Waals surface area contributed by atoms with Crippen LogP contribution in [0.3, 0.4) is 0 Å². The molecule has 0 atom stereocenters. The third kappa shape index (κ3) is 3.41. The monoisotopic (exact) mass is 340 g/mol. The molecule has 0 spiro atoms. The lowest BCUT2D eigenvalue weighted by molar-refractivity contribution is -0.113. The summed E-state index contributed by atoms with van der Waals surface area (Å²) >= 11 is 0. The van der Waals surface area contributed by atoms with E-state index in [4.69, 9.17) is 5.73 Å². The molecule has 1 aromatic carbocycles. The third-order valence-corrected chi connectivity index (χ3v) is 3.76. The second-order valence-electron chi connectivity index (χ2n) is 6.19. The van der Waals surface area contributed by atoms with Crippen LogP contribution in [0.1, 0.15) is 25.0 Å². The first-order chi connectivity index (χ1) is 11.8. The highest BCUT2D eigenvalue weighted by Gasteiger charge is 2.21. The second kappa shape index (κ2) is 6.10. The van der Waals surface area contributed by atoms with Crippen molar-refractivity contribution in [3.8, 4) is 11.3 Å². The fraction of sp³-hybridized carbons (Fsp3) is 0.167. The van der Waals surface area contributed by atoms with Crippen molar-refractivity contribution in [3.05, 3.63) is 53.6 Å². The molecule has 0 aliphatic rings. The Morgan fingerprint density at radius 1 is 1.40 bits per heavy atom. The average Bonchev–Trinajstić information content (AvgIpc) is 2.93. The maximum absolute atomic E-state index is 14.3. The first-order valence-corrected chi connectivity index (χ1v) is 7.60. The number of benzene rings is 1. The fourth-order valence-electron chi connectivity index (χ4n) is 2.52. The van der Waals surface area contributed by atoms with Gasteiger partial charge in [0.15, 0.2) is 5.65 Å². The van der Waals surface area contributed by atoms with Crippen LogP contribution in [0.15, 0.2) is 36.7 Å². The van der Waals surface area contributed by atoms with Crippen LogP contribution in [0, 0.1) is 5.82 Å². The smallest absolute Gasteiger partial charge is 0.241 e. The van der Waals surface area contributed by atoms with Crippen LogP contribution >= 0.6 is 0 Å². The number of amides is 1. The number of hydrogen-bond donors (Lipinski definition) is 3. The summed E-state index contributed by atoms with van der Waals surface area (Å²) < 4.78 is 14.3. The number of rotatable bonds is 4. The number of nitrogens with zero attached hydrogens (tertiary/aromatic N) is 2. The van der Waals surface area contributed by atoms with Gasteiger partial charge in [0.25, 0.3) is 0 Å². The summed E-state index contributed by atoms with van der Waals surface area (Å²) in [5.41, 5.74) is 6.78. The Hall–Kier alpha value is -3.06. The van der Waals surface area contributed by atoms with E-state index in [1.807, 2.05) is 0 Å². The molecular formula is C18H17FN4O2. The molecule has 7 heteroatoms. The lowest BCUT2D eigenvalue weighted by Crippen LogP contribution is -2.17. The molecule has 0 saturated heterocycles. The van der Waals surface area contributed by atoms with Crippen molar-refractivity contribution < 1.29 is 14.3 Å². The molecule has 2 aromatic heterocycles.